The smallest absolute Gasteiger partial charge is 0.144 e. The van der Waals surface area contributed by atoms with E-state index in [0.29, 0.717) is 0 Å². The summed E-state index contributed by atoms with van der Waals surface area (Å²) < 4.78 is 0. The second-order valence-corrected chi connectivity index (χ2v) is 3.84. The maximum Gasteiger partial charge on any atom is 0.144 e. The first-order chi connectivity index (χ1) is 5.83. The van der Waals surface area contributed by atoms with E-state index in [4.69, 9.17) is 5.84 Å². The predicted octanol–water partition coefficient (Wildman–Crippen LogP) is 0.975. The Morgan fingerprint density at radius 2 is 2.25 bits per heavy atom. The van der Waals surface area contributed by atoms with Gasteiger partial charge in [-0.3, -0.25) is 5.84 Å². The van der Waals surface area contributed by atoms with E-state index in [1.54, 1.807) is 11.8 Å². The monoisotopic (exact) mass is 181 g/mol. The molecule has 0 bridgehead atoms. The number of para-hydroxylation sites is 1. The molecule has 1 aliphatic rings. The van der Waals surface area contributed by atoms with E-state index in [0.717, 1.165) is 0 Å². The zero-order valence-corrected chi connectivity index (χ0v) is 7.64. The van der Waals surface area contributed by atoms with Crippen molar-refractivity contribution in [3.05, 3.63) is 24.3 Å². The summed E-state index contributed by atoms with van der Waals surface area (Å²) in [6.45, 7) is 0. The summed E-state index contributed by atoms with van der Waals surface area (Å²) in [5.74, 6) is 5.39. The zero-order valence-electron chi connectivity index (χ0n) is 6.82. The van der Waals surface area contributed by atoms with Crippen molar-refractivity contribution in [3.8, 4) is 0 Å². The van der Waals surface area contributed by atoms with Gasteiger partial charge in [0, 0.05) is 11.9 Å². The number of nitrogens with zero attached hydrogens (tertiary/aromatic N) is 1. The minimum Gasteiger partial charge on any atom is -0.348 e. The van der Waals surface area contributed by atoms with Crippen LogP contribution in [0, 0.1) is 0 Å². The van der Waals surface area contributed by atoms with Gasteiger partial charge in [0.15, 0.2) is 0 Å². The highest BCUT2D eigenvalue weighted by atomic mass is 32.2. The largest absolute Gasteiger partial charge is 0.348 e. The Hall–Kier alpha value is -0.710. The van der Waals surface area contributed by atoms with Gasteiger partial charge in [-0.2, -0.15) is 0 Å². The first kappa shape index (κ1) is 7.91. The molecular formula is C8H11N3S. The van der Waals surface area contributed by atoms with Crippen molar-refractivity contribution >= 4 is 17.4 Å². The van der Waals surface area contributed by atoms with Gasteiger partial charge in [-0.15, -0.1) is 0 Å². The summed E-state index contributed by atoms with van der Waals surface area (Å²) in [6.07, 6.45) is 0. The standard InChI is InChI=1S/C8H11N3S/c1-11-6-4-2-3-5-7(6)12-8(11)10-9/h2-5,8,10H,9H2,1H3. The molecule has 3 nitrogen and oxygen atoms in total. The molecule has 0 radical (unpaired) electrons. The first-order valence-electron chi connectivity index (χ1n) is 3.77. The summed E-state index contributed by atoms with van der Waals surface area (Å²) in [5.41, 5.74) is 4.16. The highest BCUT2D eigenvalue weighted by Crippen LogP contribution is 2.40. The minimum atomic E-state index is 0.169. The number of hydrogen-bond acceptors (Lipinski definition) is 4. The lowest BCUT2D eigenvalue weighted by Crippen LogP contribution is -2.42. The van der Waals surface area contributed by atoms with Crippen LogP contribution in [0.15, 0.2) is 29.2 Å². The number of fused-ring (bicyclic) bond motifs is 1. The molecule has 1 unspecified atom stereocenters. The molecule has 2 rings (SSSR count). The lowest BCUT2D eigenvalue weighted by atomic mass is 10.3. The Morgan fingerprint density at radius 3 is 2.92 bits per heavy atom. The SMILES string of the molecule is CN1c2ccccc2SC1NN. The van der Waals surface area contributed by atoms with Gasteiger partial charge in [0.2, 0.25) is 0 Å². The highest BCUT2D eigenvalue weighted by molar-refractivity contribution is 8.00. The number of anilines is 1. The number of hydrazine groups is 1. The van der Waals surface area contributed by atoms with Gasteiger partial charge in [-0.25, -0.2) is 5.43 Å². The zero-order chi connectivity index (χ0) is 8.55. The van der Waals surface area contributed by atoms with Gasteiger partial charge in [-0.1, -0.05) is 23.9 Å². The fourth-order valence-electron chi connectivity index (χ4n) is 1.32. The third-order valence-corrected chi connectivity index (χ3v) is 3.25. The van der Waals surface area contributed by atoms with E-state index < -0.39 is 0 Å². The van der Waals surface area contributed by atoms with Crippen LogP contribution in [0.4, 0.5) is 5.69 Å². The second-order valence-electron chi connectivity index (χ2n) is 2.72. The molecule has 0 fully saturated rings. The van der Waals surface area contributed by atoms with Crippen molar-refractivity contribution in [2.45, 2.75) is 10.4 Å². The summed E-state index contributed by atoms with van der Waals surface area (Å²) in [5, 5.41) is 0. The number of nitrogens with two attached hydrogens (primary N) is 1. The Bertz CT molecular complexity index is 289. The third kappa shape index (κ3) is 1.08. The molecule has 1 atom stereocenters. The van der Waals surface area contributed by atoms with Gasteiger partial charge in [0.1, 0.15) is 5.50 Å². The molecule has 64 valence electrons. The van der Waals surface area contributed by atoms with Crippen LogP contribution in [-0.4, -0.2) is 12.5 Å². The fourth-order valence-corrected chi connectivity index (χ4v) is 2.39. The van der Waals surface area contributed by atoms with Gasteiger partial charge < -0.3 is 4.90 Å². The van der Waals surface area contributed by atoms with Crippen molar-refractivity contribution in [2.24, 2.45) is 5.84 Å². The number of thioether (sulfide) groups is 1. The van der Waals surface area contributed by atoms with Gasteiger partial charge in [0.05, 0.1) is 5.69 Å². The molecule has 0 saturated heterocycles. The molecule has 1 aromatic carbocycles. The number of nitrogens with one attached hydrogen (secondary N) is 1. The lowest BCUT2D eigenvalue weighted by molar-refractivity contribution is 0.679. The predicted molar refractivity (Wildman–Crippen MR) is 51.8 cm³/mol. The van der Waals surface area contributed by atoms with Gasteiger partial charge >= 0.3 is 0 Å². The third-order valence-electron chi connectivity index (χ3n) is 1.98. The Labute approximate surface area is 75.9 Å². The number of benzene rings is 1. The average molecular weight is 181 g/mol. The van der Waals surface area contributed by atoms with Crippen LogP contribution < -0.4 is 16.2 Å². The fraction of sp³-hybridized carbons (Fsp3) is 0.250. The number of hydrogen-bond donors (Lipinski definition) is 2. The van der Waals surface area contributed by atoms with Gasteiger partial charge in [0.25, 0.3) is 0 Å². The van der Waals surface area contributed by atoms with Crippen molar-refractivity contribution < 1.29 is 0 Å². The molecule has 1 heterocycles. The first-order valence-corrected chi connectivity index (χ1v) is 4.65. The minimum absolute atomic E-state index is 0.169. The lowest BCUT2D eigenvalue weighted by Gasteiger charge is -2.19. The molecule has 4 heteroatoms. The molecule has 1 aromatic rings. The van der Waals surface area contributed by atoms with Crippen LogP contribution in [-0.2, 0) is 0 Å². The molecule has 0 saturated carbocycles. The topological polar surface area (TPSA) is 41.3 Å². The van der Waals surface area contributed by atoms with Crippen molar-refractivity contribution in [1.29, 1.82) is 0 Å². The van der Waals surface area contributed by atoms with E-state index in [-0.39, 0.29) is 5.50 Å². The summed E-state index contributed by atoms with van der Waals surface area (Å²) in [7, 11) is 2.03. The number of rotatable bonds is 1. The molecule has 12 heavy (non-hydrogen) atoms. The van der Waals surface area contributed by atoms with Crippen molar-refractivity contribution in [1.82, 2.24) is 5.43 Å². The van der Waals surface area contributed by atoms with E-state index in [2.05, 4.69) is 22.5 Å². The molecule has 1 aliphatic heterocycles. The Kier molecular flexibility index (Phi) is 1.96. The Balaban J connectivity index is 2.35. The van der Waals surface area contributed by atoms with Crippen LogP contribution in [0.5, 0.6) is 0 Å². The maximum atomic E-state index is 5.39. The van der Waals surface area contributed by atoms with Crippen LogP contribution in [0.3, 0.4) is 0 Å². The van der Waals surface area contributed by atoms with Crippen molar-refractivity contribution in [2.75, 3.05) is 11.9 Å². The van der Waals surface area contributed by atoms with Crippen LogP contribution >= 0.6 is 11.8 Å². The summed E-state index contributed by atoms with van der Waals surface area (Å²) in [4.78, 5) is 3.41. The molecule has 0 aliphatic carbocycles. The van der Waals surface area contributed by atoms with Gasteiger partial charge in [-0.05, 0) is 12.1 Å². The van der Waals surface area contributed by atoms with Crippen LogP contribution in [0.25, 0.3) is 0 Å². The van der Waals surface area contributed by atoms with Crippen LogP contribution in [0.2, 0.25) is 0 Å². The van der Waals surface area contributed by atoms with Crippen LogP contribution in [0.1, 0.15) is 0 Å². The quantitative estimate of drug-likeness (QED) is 0.500. The average Bonchev–Trinajstić information content (AvgIpc) is 2.44. The molecule has 0 amide bonds. The highest BCUT2D eigenvalue weighted by Gasteiger charge is 2.25. The van der Waals surface area contributed by atoms with Crippen molar-refractivity contribution in [3.63, 3.8) is 0 Å². The Morgan fingerprint density at radius 1 is 1.50 bits per heavy atom. The van der Waals surface area contributed by atoms with E-state index in [1.807, 2.05) is 19.2 Å². The summed E-state index contributed by atoms with van der Waals surface area (Å²) >= 11 is 1.73. The normalized spacial score (nSPS) is 21.2. The second kappa shape index (κ2) is 2.97. The van der Waals surface area contributed by atoms with E-state index >= 15 is 0 Å². The van der Waals surface area contributed by atoms with E-state index in [1.165, 1.54) is 10.6 Å². The molecule has 0 spiro atoms. The molecule has 0 aromatic heterocycles. The van der Waals surface area contributed by atoms with E-state index in [9.17, 15) is 0 Å². The molecule has 3 N–H and O–H groups in total. The maximum absolute atomic E-state index is 5.39. The molecular weight excluding hydrogens is 170 g/mol. The summed E-state index contributed by atoms with van der Waals surface area (Å²) in [6, 6.07) is 8.28.